The number of unbranched alkanes of at least 4 members (excludes halogenated alkanes) is 1. The zero-order chi connectivity index (χ0) is 15.2. The summed E-state index contributed by atoms with van der Waals surface area (Å²) in [4.78, 5) is 14.0. The van der Waals surface area contributed by atoms with Gasteiger partial charge < -0.3 is 14.6 Å². The van der Waals surface area contributed by atoms with Crippen molar-refractivity contribution in [2.24, 2.45) is 0 Å². The Morgan fingerprint density at radius 1 is 1.33 bits per heavy atom. The zero-order valence-corrected chi connectivity index (χ0v) is 13.3. The zero-order valence-electron chi connectivity index (χ0n) is 13.3. The largest absolute Gasteiger partial charge is 0.503 e. The van der Waals surface area contributed by atoms with Gasteiger partial charge in [0.25, 0.3) is 0 Å². The fourth-order valence-electron chi connectivity index (χ4n) is 3.19. The number of rotatable bonds is 6. The standard InChI is InChI=1S/C17H28N2O2/c1-3-4-10-18(2)12-15-11-16(20)17(21)13-19(15)14-8-6-5-7-9-14/h11,13-14,21H,3-10,12H2,1-2H3. The monoisotopic (exact) mass is 292 g/mol. The lowest BCUT2D eigenvalue weighted by Crippen LogP contribution is -2.26. The van der Waals surface area contributed by atoms with Gasteiger partial charge in [0, 0.05) is 24.3 Å². The summed E-state index contributed by atoms with van der Waals surface area (Å²) in [6.45, 7) is 3.99. The van der Waals surface area contributed by atoms with E-state index in [1.807, 2.05) is 0 Å². The average molecular weight is 292 g/mol. The maximum atomic E-state index is 11.8. The summed E-state index contributed by atoms with van der Waals surface area (Å²) in [5.41, 5.74) is 0.768. The topological polar surface area (TPSA) is 45.5 Å². The van der Waals surface area contributed by atoms with E-state index in [9.17, 15) is 9.90 Å². The van der Waals surface area contributed by atoms with Crippen molar-refractivity contribution in [3.63, 3.8) is 0 Å². The van der Waals surface area contributed by atoms with Gasteiger partial charge in [0.2, 0.25) is 5.43 Å². The molecule has 1 heterocycles. The van der Waals surface area contributed by atoms with Crippen molar-refractivity contribution >= 4 is 0 Å². The van der Waals surface area contributed by atoms with Gasteiger partial charge in [-0.1, -0.05) is 32.6 Å². The van der Waals surface area contributed by atoms with Crippen molar-refractivity contribution in [3.8, 4) is 5.75 Å². The van der Waals surface area contributed by atoms with Crippen LogP contribution in [-0.2, 0) is 6.54 Å². The first-order valence-electron chi connectivity index (χ1n) is 8.24. The number of aromatic nitrogens is 1. The Kier molecular flexibility index (Phi) is 5.85. The lowest BCUT2D eigenvalue weighted by Gasteiger charge is -2.29. The number of hydrogen-bond acceptors (Lipinski definition) is 3. The van der Waals surface area contributed by atoms with Crippen LogP contribution in [0.2, 0.25) is 0 Å². The molecule has 1 fully saturated rings. The first kappa shape index (κ1) is 16.1. The highest BCUT2D eigenvalue weighted by atomic mass is 16.3. The molecule has 2 rings (SSSR count). The minimum Gasteiger partial charge on any atom is -0.503 e. The molecule has 0 aromatic carbocycles. The average Bonchev–Trinajstić information content (AvgIpc) is 2.49. The molecule has 0 atom stereocenters. The van der Waals surface area contributed by atoms with Gasteiger partial charge in [-0.15, -0.1) is 0 Å². The molecule has 0 amide bonds. The molecule has 118 valence electrons. The fourth-order valence-corrected chi connectivity index (χ4v) is 3.19. The van der Waals surface area contributed by atoms with Gasteiger partial charge in [-0.2, -0.15) is 0 Å². The summed E-state index contributed by atoms with van der Waals surface area (Å²) in [5, 5.41) is 9.78. The van der Waals surface area contributed by atoms with Crippen LogP contribution in [0.1, 0.15) is 63.6 Å². The van der Waals surface area contributed by atoms with Crippen LogP contribution < -0.4 is 5.43 Å². The predicted molar refractivity (Wildman–Crippen MR) is 85.7 cm³/mol. The summed E-state index contributed by atoms with van der Waals surface area (Å²) < 4.78 is 2.15. The van der Waals surface area contributed by atoms with Crippen molar-refractivity contribution in [1.29, 1.82) is 0 Å². The van der Waals surface area contributed by atoms with E-state index in [-0.39, 0.29) is 11.2 Å². The van der Waals surface area contributed by atoms with Crippen LogP contribution in [0.25, 0.3) is 0 Å². The first-order valence-corrected chi connectivity index (χ1v) is 8.24. The Morgan fingerprint density at radius 3 is 2.71 bits per heavy atom. The second-order valence-electron chi connectivity index (χ2n) is 6.30. The second-order valence-corrected chi connectivity index (χ2v) is 6.30. The maximum Gasteiger partial charge on any atom is 0.223 e. The highest BCUT2D eigenvalue weighted by Crippen LogP contribution is 2.29. The smallest absolute Gasteiger partial charge is 0.223 e. The van der Waals surface area contributed by atoms with Gasteiger partial charge in [-0.05, 0) is 32.9 Å². The Balaban J connectivity index is 2.20. The quantitative estimate of drug-likeness (QED) is 0.875. The van der Waals surface area contributed by atoms with E-state index in [0.717, 1.165) is 31.6 Å². The van der Waals surface area contributed by atoms with Crippen LogP contribution in [0.3, 0.4) is 0 Å². The third-order valence-electron chi connectivity index (χ3n) is 4.44. The van der Waals surface area contributed by atoms with E-state index in [2.05, 4.69) is 23.4 Å². The normalized spacial score (nSPS) is 16.5. The van der Waals surface area contributed by atoms with Crippen molar-refractivity contribution in [1.82, 2.24) is 9.47 Å². The highest BCUT2D eigenvalue weighted by molar-refractivity contribution is 5.21. The van der Waals surface area contributed by atoms with Gasteiger partial charge in [0.1, 0.15) is 0 Å². The number of pyridine rings is 1. The molecule has 4 nitrogen and oxygen atoms in total. The van der Waals surface area contributed by atoms with E-state index in [1.54, 1.807) is 12.3 Å². The molecule has 1 aliphatic rings. The van der Waals surface area contributed by atoms with E-state index < -0.39 is 0 Å². The fraction of sp³-hybridized carbons (Fsp3) is 0.706. The second kappa shape index (κ2) is 7.64. The van der Waals surface area contributed by atoms with Gasteiger partial charge in [-0.3, -0.25) is 4.79 Å². The molecule has 4 heteroatoms. The Hall–Kier alpha value is -1.29. The number of hydrogen-bond donors (Lipinski definition) is 1. The third kappa shape index (κ3) is 4.34. The molecule has 1 aromatic rings. The molecule has 0 radical (unpaired) electrons. The minimum atomic E-state index is -0.263. The van der Waals surface area contributed by atoms with Crippen LogP contribution in [-0.4, -0.2) is 28.2 Å². The molecule has 1 aromatic heterocycles. The highest BCUT2D eigenvalue weighted by Gasteiger charge is 2.18. The van der Waals surface area contributed by atoms with Crippen molar-refractivity contribution in [3.05, 3.63) is 28.2 Å². The van der Waals surface area contributed by atoms with Crippen LogP contribution in [0, 0.1) is 0 Å². The van der Waals surface area contributed by atoms with Crippen molar-refractivity contribution in [2.75, 3.05) is 13.6 Å². The SMILES string of the molecule is CCCCN(C)Cc1cc(=O)c(O)cn1C1CCCCC1. The van der Waals surface area contributed by atoms with Crippen LogP contribution in [0.4, 0.5) is 0 Å². The molecule has 21 heavy (non-hydrogen) atoms. The van der Waals surface area contributed by atoms with Gasteiger partial charge in [0.15, 0.2) is 5.75 Å². The number of aromatic hydroxyl groups is 1. The van der Waals surface area contributed by atoms with Gasteiger partial charge in [-0.25, -0.2) is 0 Å². The molecule has 1 saturated carbocycles. The molecule has 0 spiro atoms. The van der Waals surface area contributed by atoms with E-state index >= 15 is 0 Å². The maximum absolute atomic E-state index is 11.8. The molecular formula is C17H28N2O2. The Morgan fingerprint density at radius 2 is 2.05 bits per heavy atom. The minimum absolute atomic E-state index is 0.125. The molecule has 0 unspecified atom stereocenters. The van der Waals surface area contributed by atoms with Crippen LogP contribution in [0.15, 0.2) is 17.1 Å². The third-order valence-corrected chi connectivity index (χ3v) is 4.44. The Labute approximate surface area is 127 Å². The molecule has 0 bridgehead atoms. The van der Waals surface area contributed by atoms with E-state index in [4.69, 9.17) is 0 Å². The summed E-state index contributed by atoms with van der Waals surface area (Å²) in [6, 6.07) is 2.05. The molecule has 1 N–H and O–H groups in total. The van der Waals surface area contributed by atoms with E-state index in [0.29, 0.717) is 6.04 Å². The Bertz CT molecular complexity index is 504. The lowest BCUT2D eigenvalue weighted by atomic mass is 9.95. The van der Waals surface area contributed by atoms with E-state index in [1.165, 1.54) is 32.1 Å². The van der Waals surface area contributed by atoms with Crippen LogP contribution in [0.5, 0.6) is 5.75 Å². The molecule has 0 aliphatic heterocycles. The van der Waals surface area contributed by atoms with Crippen LogP contribution >= 0.6 is 0 Å². The lowest BCUT2D eigenvalue weighted by molar-refractivity contribution is 0.288. The van der Waals surface area contributed by atoms with Gasteiger partial charge in [0.05, 0.1) is 6.20 Å². The van der Waals surface area contributed by atoms with Crippen molar-refractivity contribution in [2.45, 2.75) is 64.5 Å². The summed E-state index contributed by atoms with van der Waals surface area (Å²) in [7, 11) is 2.10. The molecule has 1 aliphatic carbocycles. The number of nitrogens with zero attached hydrogens (tertiary/aromatic N) is 2. The van der Waals surface area contributed by atoms with Crippen molar-refractivity contribution < 1.29 is 5.11 Å². The summed E-state index contributed by atoms with van der Waals surface area (Å²) in [6.07, 6.45) is 10.1. The summed E-state index contributed by atoms with van der Waals surface area (Å²) >= 11 is 0. The molecule has 0 saturated heterocycles. The summed E-state index contributed by atoms with van der Waals surface area (Å²) in [5.74, 6) is -0.125. The first-order chi connectivity index (χ1) is 10.1. The van der Waals surface area contributed by atoms with Gasteiger partial charge >= 0.3 is 0 Å². The predicted octanol–water partition coefficient (Wildman–Crippen LogP) is 3.29. The molecular weight excluding hydrogens is 264 g/mol.